The zero-order valence-corrected chi connectivity index (χ0v) is 27.1. The number of hydrogen-bond acceptors (Lipinski definition) is 8. The number of thiophene rings is 1. The molecule has 5 heterocycles. The van der Waals surface area contributed by atoms with Crippen molar-refractivity contribution >= 4 is 38.7 Å². The van der Waals surface area contributed by atoms with Gasteiger partial charge >= 0.3 is 0 Å². The summed E-state index contributed by atoms with van der Waals surface area (Å²) in [6, 6.07) is 10.4. The van der Waals surface area contributed by atoms with E-state index in [0.717, 1.165) is 63.6 Å². The van der Waals surface area contributed by atoms with Gasteiger partial charge in [-0.3, -0.25) is 4.79 Å². The van der Waals surface area contributed by atoms with E-state index in [-0.39, 0.29) is 23.8 Å². The van der Waals surface area contributed by atoms with E-state index in [1.165, 1.54) is 39.9 Å². The van der Waals surface area contributed by atoms with Gasteiger partial charge in [-0.25, -0.2) is 18.7 Å². The third-order valence-corrected chi connectivity index (χ3v) is 10.5. The Hall–Kier alpha value is -4.03. The first-order chi connectivity index (χ1) is 22.2. The normalized spacial score (nSPS) is 15.5. The zero-order chi connectivity index (χ0) is 32.1. The summed E-state index contributed by atoms with van der Waals surface area (Å²) in [4.78, 5) is 27.6. The highest BCUT2D eigenvalue weighted by Gasteiger charge is 2.30. The van der Waals surface area contributed by atoms with Crippen LogP contribution in [0.2, 0.25) is 0 Å². The fourth-order valence-corrected chi connectivity index (χ4v) is 8.27. The molecule has 7 nitrogen and oxygen atoms in total. The summed E-state index contributed by atoms with van der Waals surface area (Å²) < 4.78 is 37.2. The SMILES string of the molecule is C=CC(=O)N1CCc2nc(-c3nc(-c4ccc5c(c4)CCN(C)C5)c4ccsc4c3-c3c(F)cc(F)cc3OC[C@H](C)O)sc2C1. The van der Waals surface area contributed by atoms with Gasteiger partial charge in [0.1, 0.15) is 34.7 Å². The molecule has 0 spiro atoms. The molecule has 0 fully saturated rings. The molecule has 0 saturated heterocycles. The van der Waals surface area contributed by atoms with Crippen LogP contribution in [0, 0.1) is 11.6 Å². The minimum Gasteiger partial charge on any atom is -0.490 e. The summed E-state index contributed by atoms with van der Waals surface area (Å²) >= 11 is 2.86. The van der Waals surface area contributed by atoms with E-state index in [4.69, 9.17) is 14.7 Å². The van der Waals surface area contributed by atoms with Gasteiger partial charge in [-0.1, -0.05) is 18.7 Å². The second kappa shape index (κ2) is 12.3. The van der Waals surface area contributed by atoms with Gasteiger partial charge in [-0.05, 0) is 55.1 Å². The first kappa shape index (κ1) is 30.6. The van der Waals surface area contributed by atoms with E-state index in [1.807, 2.05) is 11.4 Å². The summed E-state index contributed by atoms with van der Waals surface area (Å²) in [7, 11) is 2.12. The Bertz CT molecular complexity index is 2000. The van der Waals surface area contributed by atoms with Gasteiger partial charge in [0.2, 0.25) is 5.91 Å². The van der Waals surface area contributed by atoms with Gasteiger partial charge in [-0.2, -0.15) is 0 Å². The summed E-state index contributed by atoms with van der Waals surface area (Å²) in [5, 5.41) is 13.3. The van der Waals surface area contributed by atoms with Crippen molar-refractivity contribution in [3.05, 3.63) is 87.8 Å². The summed E-state index contributed by atoms with van der Waals surface area (Å²) in [5.41, 5.74) is 6.12. The fourth-order valence-electron chi connectivity index (χ4n) is 6.20. The lowest BCUT2D eigenvalue weighted by atomic mass is 9.94. The molecule has 0 aliphatic carbocycles. The van der Waals surface area contributed by atoms with Gasteiger partial charge in [0.15, 0.2) is 0 Å². The maximum absolute atomic E-state index is 16.0. The van der Waals surface area contributed by atoms with E-state index in [0.29, 0.717) is 35.8 Å². The van der Waals surface area contributed by atoms with Gasteiger partial charge in [0.05, 0.1) is 29.6 Å². The Morgan fingerprint density at radius 2 is 1.93 bits per heavy atom. The van der Waals surface area contributed by atoms with Gasteiger partial charge in [-0.15, -0.1) is 22.7 Å². The van der Waals surface area contributed by atoms with Gasteiger partial charge in [0, 0.05) is 64.3 Å². The lowest BCUT2D eigenvalue weighted by Crippen LogP contribution is -2.34. The van der Waals surface area contributed by atoms with Crippen molar-refractivity contribution in [2.24, 2.45) is 0 Å². The number of halogens is 2. The molecule has 2 aromatic carbocycles. The van der Waals surface area contributed by atoms with Crippen LogP contribution in [0.3, 0.4) is 0 Å². The molecule has 11 heteroatoms. The molecular formula is C35H32F2N4O3S2. The van der Waals surface area contributed by atoms with Crippen molar-refractivity contribution in [3.63, 3.8) is 0 Å². The Morgan fingerprint density at radius 3 is 2.74 bits per heavy atom. The van der Waals surface area contributed by atoms with Crippen LogP contribution < -0.4 is 4.74 Å². The molecule has 5 aromatic rings. The Kier molecular flexibility index (Phi) is 8.18. The maximum Gasteiger partial charge on any atom is 0.246 e. The van der Waals surface area contributed by atoms with Gasteiger partial charge < -0.3 is 19.6 Å². The molecular weight excluding hydrogens is 627 g/mol. The van der Waals surface area contributed by atoms with E-state index in [2.05, 4.69) is 36.7 Å². The number of nitrogens with zero attached hydrogens (tertiary/aromatic N) is 4. The second-order valence-electron chi connectivity index (χ2n) is 11.8. The molecule has 0 saturated carbocycles. The van der Waals surface area contributed by atoms with E-state index < -0.39 is 17.7 Å². The van der Waals surface area contributed by atoms with Gasteiger partial charge in [0.25, 0.3) is 0 Å². The van der Waals surface area contributed by atoms with Crippen molar-refractivity contribution in [2.75, 3.05) is 26.7 Å². The number of thiazole rings is 1. The van der Waals surface area contributed by atoms with Crippen LogP contribution in [0.5, 0.6) is 5.75 Å². The molecule has 1 N–H and O–H groups in total. The number of ether oxygens (including phenoxy) is 1. The number of carbonyl (C=O) groups excluding carboxylic acids is 1. The third kappa shape index (κ3) is 5.62. The minimum atomic E-state index is -0.850. The first-order valence-electron chi connectivity index (χ1n) is 15.1. The molecule has 0 radical (unpaired) electrons. The molecule has 0 unspecified atom stereocenters. The number of pyridine rings is 1. The van der Waals surface area contributed by atoms with Crippen molar-refractivity contribution in [1.29, 1.82) is 0 Å². The van der Waals surface area contributed by atoms with E-state index in [1.54, 1.807) is 11.8 Å². The van der Waals surface area contributed by atoms with E-state index in [9.17, 15) is 14.3 Å². The average Bonchev–Trinajstić information content (AvgIpc) is 3.70. The predicted octanol–water partition coefficient (Wildman–Crippen LogP) is 6.85. The molecule has 7 rings (SSSR count). The topological polar surface area (TPSA) is 78.8 Å². The molecule has 236 valence electrons. The predicted molar refractivity (Wildman–Crippen MR) is 178 cm³/mol. The highest BCUT2D eigenvalue weighted by atomic mass is 32.1. The van der Waals surface area contributed by atoms with Crippen molar-refractivity contribution < 1.29 is 23.4 Å². The van der Waals surface area contributed by atoms with Crippen molar-refractivity contribution in [3.8, 4) is 38.8 Å². The number of aliphatic hydroxyl groups is 1. The second-order valence-corrected chi connectivity index (χ2v) is 13.8. The van der Waals surface area contributed by atoms with Crippen LogP contribution in [0.4, 0.5) is 8.78 Å². The van der Waals surface area contributed by atoms with E-state index >= 15 is 4.39 Å². The Morgan fingerprint density at radius 1 is 1.09 bits per heavy atom. The van der Waals surface area contributed by atoms with Crippen LogP contribution in [0.1, 0.15) is 28.6 Å². The lowest BCUT2D eigenvalue weighted by Gasteiger charge is -2.25. The molecule has 2 aliphatic heterocycles. The Balaban J connectivity index is 1.47. The number of aliphatic hydroxyl groups excluding tert-OH is 1. The van der Waals surface area contributed by atoms with Crippen LogP contribution in [0.25, 0.3) is 43.2 Å². The van der Waals surface area contributed by atoms with Crippen LogP contribution in [-0.4, -0.2) is 63.6 Å². The molecule has 3 aromatic heterocycles. The molecule has 2 aliphatic rings. The van der Waals surface area contributed by atoms with Crippen LogP contribution in [-0.2, 0) is 30.7 Å². The number of amides is 1. The molecule has 1 amide bonds. The summed E-state index contributed by atoms with van der Waals surface area (Å²) in [6.07, 6.45) is 1.96. The highest BCUT2D eigenvalue weighted by Crippen LogP contribution is 2.48. The van der Waals surface area contributed by atoms with Crippen LogP contribution >= 0.6 is 22.7 Å². The molecule has 0 bridgehead atoms. The number of carbonyl (C=O) groups is 1. The fraction of sp³-hybridized carbons (Fsp3) is 0.286. The lowest BCUT2D eigenvalue weighted by molar-refractivity contribution is -0.126. The number of rotatable bonds is 7. The standard InChI is InChI=1S/C35H32F2N4O3S2/c1-4-29(43)41-11-8-26-28(17-41)46-35(38-26)33-31(30-25(37)14-23(36)15-27(30)44-18-19(2)42)34-24(9-12-45-34)32(39-33)21-5-6-22-16-40(3)10-7-20(22)13-21/h4-6,9,12-15,19,42H,1,7-8,10-11,16-18H2,2-3H3/t19-/m0/s1. The maximum atomic E-state index is 16.0. The highest BCUT2D eigenvalue weighted by molar-refractivity contribution is 7.18. The zero-order valence-electron chi connectivity index (χ0n) is 25.5. The third-order valence-electron chi connectivity index (χ3n) is 8.46. The molecule has 46 heavy (non-hydrogen) atoms. The van der Waals surface area contributed by atoms with Crippen molar-refractivity contribution in [1.82, 2.24) is 19.8 Å². The van der Waals surface area contributed by atoms with Crippen LogP contribution in [0.15, 0.2) is 54.4 Å². The number of benzene rings is 2. The number of aromatic nitrogens is 2. The monoisotopic (exact) mass is 658 g/mol. The quantitative estimate of drug-likeness (QED) is 0.193. The first-order valence-corrected chi connectivity index (χ1v) is 16.8. The Labute approximate surface area is 273 Å². The number of likely N-dealkylation sites (N-methyl/N-ethyl adjacent to an activating group) is 1. The largest absolute Gasteiger partial charge is 0.490 e. The smallest absolute Gasteiger partial charge is 0.246 e. The average molecular weight is 659 g/mol. The minimum absolute atomic E-state index is 0.0223. The molecule has 1 atom stereocenters. The van der Waals surface area contributed by atoms with Crippen molar-refractivity contribution in [2.45, 2.75) is 39.0 Å². The summed E-state index contributed by atoms with van der Waals surface area (Å²) in [6.45, 7) is 7.80. The summed E-state index contributed by atoms with van der Waals surface area (Å²) in [5.74, 6) is -1.75. The number of fused-ring (bicyclic) bond motifs is 3. The number of hydrogen-bond donors (Lipinski definition) is 1.